The standard InChI is InChI=1S/C14H18Cl2N2O2/c15-10-1-2-13(12(16)9-10)20-8-5-14(19)18-11-3-6-17-7-4-11/h1-2,9,11,17H,3-8H2,(H,18,19). The first-order valence-corrected chi connectivity index (χ1v) is 7.48. The number of hydrogen-bond donors (Lipinski definition) is 2. The van der Waals surface area contributed by atoms with E-state index in [0.29, 0.717) is 28.8 Å². The second-order valence-corrected chi connectivity index (χ2v) is 5.61. The van der Waals surface area contributed by atoms with Gasteiger partial charge in [-0.25, -0.2) is 0 Å². The van der Waals surface area contributed by atoms with Gasteiger partial charge in [-0.05, 0) is 44.1 Å². The monoisotopic (exact) mass is 316 g/mol. The average Bonchev–Trinajstić information content (AvgIpc) is 2.42. The molecule has 1 saturated heterocycles. The van der Waals surface area contributed by atoms with Crippen LogP contribution in [0.2, 0.25) is 10.0 Å². The normalized spacial score (nSPS) is 15.9. The Balaban J connectivity index is 1.70. The van der Waals surface area contributed by atoms with E-state index in [4.69, 9.17) is 27.9 Å². The van der Waals surface area contributed by atoms with Crippen molar-refractivity contribution in [1.82, 2.24) is 10.6 Å². The van der Waals surface area contributed by atoms with Crippen LogP contribution in [0.5, 0.6) is 5.75 Å². The number of rotatable bonds is 5. The second-order valence-electron chi connectivity index (χ2n) is 4.76. The molecule has 0 radical (unpaired) electrons. The van der Waals surface area contributed by atoms with Crippen LogP contribution in [0, 0.1) is 0 Å². The van der Waals surface area contributed by atoms with Crippen molar-refractivity contribution in [3.05, 3.63) is 28.2 Å². The third-order valence-corrected chi connectivity index (χ3v) is 3.72. The molecule has 1 heterocycles. The van der Waals surface area contributed by atoms with E-state index in [2.05, 4.69) is 10.6 Å². The number of piperidine rings is 1. The van der Waals surface area contributed by atoms with Gasteiger partial charge in [0.2, 0.25) is 5.91 Å². The fourth-order valence-corrected chi connectivity index (χ4v) is 2.58. The van der Waals surface area contributed by atoms with E-state index in [1.807, 2.05) is 0 Å². The van der Waals surface area contributed by atoms with Crippen LogP contribution >= 0.6 is 23.2 Å². The topological polar surface area (TPSA) is 50.4 Å². The van der Waals surface area contributed by atoms with Gasteiger partial charge in [0, 0.05) is 11.1 Å². The van der Waals surface area contributed by atoms with E-state index in [1.54, 1.807) is 18.2 Å². The molecule has 4 nitrogen and oxygen atoms in total. The number of halogens is 2. The van der Waals surface area contributed by atoms with E-state index < -0.39 is 0 Å². The molecule has 1 aliphatic rings. The summed E-state index contributed by atoms with van der Waals surface area (Å²) < 4.78 is 5.49. The molecule has 0 spiro atoms. The summed E-state index contributed by atoms with van der Waals surface area (Å²) in [5.74, 6) is 0.563. The van der Waals surface area contributed by atoms with Crippen molar-refractivity contribution in [1.29, 1.82) is 0 Å². The third-order valence-electron chi connectivity index (χ3n) is 3.18. The molecule has 1 aromatic rings. The van der Waals surface area contributed by atoms with E-state index >= 15 is 0 Å². The van der Waals surface area contributed by atoms with Crippen LogP contribution in [0.4, 0.5) is 0 Å². The third kappa shape index (κ3) is 4.85. The number of amides is 1. The van der Waals surface area contributed by atoms with Gasteiger partial charge in [-0.1, -0.05) is 23.2 Å². The zero-order valence-electron chi connectivity index (χ0n) is 11.1. The van der Waals surface area contributed by atoms with Crippen molar-refractivity contribution < 1.29 is 9.53 Å². The van der Waals surface area contributed by atoms with Crippen LogP contribution in [-0.4, -0.2) is 31.6 Å². The quantitative estimate of drug-likeness (QED) is 0.878. The highest BCUT2D eigenvalue weighted by Gasteiger charge is 2.15. The molecule has 1 aliphatic heterocycles. The Morgan fingerprint density at radius 2 is 2.10 bits per heavy atom. The van der Waals surface area contributed by atoms with Crippen molar-refractivity contribution in [2.75, 3.05) is 19.7 Å². The summed E-state index contributed by atoms with van der Waals surface area (Å²) >= 11 is 11.8. The molecule has 6 heteroatoms. The highest BCUT2D eigenvalue weighted by molar-refractivity contribution is 6.35. The van der Waals surface area contributed by atoms with Crippen molar-refractivity contribution >= 4 is 29.1 Å². The molecule has 0 saturated carbocycles. The summed E-state index contributed by atoms with van der Waals surface area (Å²) in [6.07, 6.45) is 2.29. The van der Waals surface area contributed by atoms with E-state index in [0.717, 1.165) is 25.9 Å². The van der Waals surface area contributed by atoms with E-state index in [9.17, 15) is 4.79 Å². The molecule has 20 heavy (non-hydrogen) atoms. The average molecular weight is 317 g/mol. The fourth-order valence-electron chi connectivity index (χ4n) is 2.11. The fraction of sp³-hybridized carbons (Fsp3) is 0.500. The minimum atomic E-state index is 0.0157. The molecule has 1 fully saturated rings. The molecule has 1 amide bonds. The van der Waals surface area contributed by atoms with E-state index in [-0.39, 0.29) is 11.9 Å². The largest absolute Gasteiger partial charge is 0.491 e. The van der Waals surface area contributed by atoms with Gasteiger partial charge in [0.05, 0.1) is 18.1 Å². The van der Waals surface area contributed by atoms with Crippen molar-refractivity contribution in [3.63, 3.8) is 0 Å². The summed E-state index contributed by atoms with van der Waals surface area (Å²) in [6, 6.07) is 5.31. The minimum Gasteiger partial charge on any atom is -0.491 e. The summed E-state index contributed by atoms with van der Waals surface area (Å²) in [4.78, 5) is 11.8. The highest BCUT2D eigenvalue weighted by Crippen LogP contribution is 2.27. The number of nitrogens with one attached hydrogen (secondary N) is 2. The van der Waals surface area contributed by atoms with Gasteiger partial charge in [-0.2, -0.15) is 0 Å². The predicted molar refractivity (Wildman–Crippen MR) is 80.6 cm³/mol. The molecule has 0 atom stereocenters. The molecule has 1 aromatic carbocycles. The summed E-state index contributed by atoms with van der Waals surface area (Å²) in [5.41, 5.74) is 0. The lowest BCUT2D eigenvalue weighted by Crippen LogP contribution is -2.43. The van der Waals surface area contributed by atoms with Gasteiger partial charge in [0.1, 0.15) is 5.75 Å². The Morgan fingerprint density at radius 1 is 1.35 bits per heavy atom. The Bertz CT molecular complexity index is 462. The molecule has 0 aromatic heterocycles. The van der Waals surface area contributed by atoms with Gasteiger partial charge >= 0.3 is 0 Å². The van der Waals surface area contributed by atoms with E-state index in [1.165, 1.54) is 0 Å². The zero-order chi connectivity index (χ0) is 14.4. The minimum absolute atomic E-state index is 0.0157. The van der Waals surface area contributed by atoms with Gasteiger partial charge in [-0.15, -0.1) is 0 Å². The van der Waals surface area contributed by atoms with Crippen LogP contribution in [0.1, 0.15) is 19.3 Å². The summed E-state index contributed by atoms with van der Waals surface area (Å²) in [5, 5.41) is 7.29. The number of benzene rings is 1. The summed E-state index contributed by atoms with van der Waals surface area (Å²) in [6.45, 7) is 2.22. The lowest BCUT2D eigenvalue weighted by Gasteiger charge is -2.23. The van der Waals surface area contributed by atoms with Gasteiger partial charge in [-0.3, -0.25) is 4.79 Å². The SMILES string of the molecule is O=C(CCOc1ccc(Cl)cc1Cl)NC1CCNCC1. The molecule has 110 valence electrons. The molecule has 0 unspecified atom stereocenters. The molecule has 2 N–H and O–H groups in total. The molecular weight excluding hydrogens is 299 g/mol. The maximum atomic E-state index is 11.8. The molecule has 2 rings (SSSR count). The van der Waals surface area contributed by atoms with Crippen LogP contribution < -0.4 is 15.4 Å². The second kappa shape index (κ2) is 7.72. The number of ether oxygens (including phenoxy) is 1. The van der Waals surface area contributed by atoms with Gasteiger partial charge in [0.15, 0.2) is 0 Å². The Labute approximate surface area is 128 Å². The molecular formula is C14H18Cl2N2O2. The first-order chi connectivity index (χ1) is 9.65. The lowest BCUT2D eigenvalue weighted by atomic mass is 10.1. The van der Waals surface area contributed by atoms with Crippen LogP contribution in [-0.2, 0) is 4.79 Å². The van der Waals surface area contributed by atoms with Crippen LogP contribution in [0.25, 0.3) is 0 Å². The van der Waals surface area contributed by atoms with Crippen molar-refractivity contribution in [3.8, 4) is 5.75 Å². The van der Waals surface area contributed by atoms with Crippen molar-refractivity contribution in [2.45, 2.75) is 25.3 Å². The maximum Gasteiger partial charge on any atom is 0.223 e. The Morgan fingerprint density at radius 3 is 2.80 bits per heavy atom. The predicted octanol–water partition coefficient (Wildman–Crippen LogP) is 2.63. The smallest absolute Gasteiger partial charge is 0.223 e. The Hall–Kier alpha value is -0.970. The highest BCUT2D eigenvalue weighted by atomic mass is 35.5. The summed E-state index contributed by atoms with van der Waals surface area (Å²) in [7, 11) is 0. The van der Waals surface area contributed by atoms with Gasteiger partial charge in [0.25, 0.3) is 0 Å². The number of carbonyl (C=O) groups is 1. The van der Waals surface area contributed by atoms with Crippen molar-refractivity contribution in [2.24, 2.45) is 0 Å². The molecule has 0 bridgehead atoms. The Kier molecular flexibility index (Phi) is 5.95. The first-order valence-electron chi connectivity index (χ1n) is 6.73. The van der Waals surface area contributed by atoms with Crippen LogP contribution in [0.15, 0.2) is 18.2 Å². The van der Waals surface area contributed by atoms with Gasteiger partial charge < -0.3 is 15.4 Å². The molecule has 0 aliphatic carbocycles. The van der Waals surface area contributed by atoms with Crippen LogP contribution in [0.3, 0.4) is 0 Å². The maximum absolute atomic E-state index is 11.8. The lowest BCUT2D eigenvalue weighted by molar-refractivity contribution is -0.122. The first kappa shape index (κ1) is 15.4. The zero-order valence-corrected chi connectivity index (χ0v) is 12.6. The number of carbonyl (C=O) groups excluding carboxylic acids is 1. The number of hydrogen-bond acceptors (Lipinski definition) is 3.